The zero-order valence-electron chi connectivity index (χ0n) is 9.77. The van der Waals surface area contributed by atoms with Gasteiger partial charge in [-0.1, -0.05) is 0 Å². The van der Waals surface area contributed by atoms with Gasteiger partial charge in [0.2, 0.25) is 15.3 Å². The van der Waals surface area contributed by atoms with Crippen LogP contribution in [0.15, 0.2) is 29.7 Å². The van der Waals surface area contributed by atoms with E-state index in [1.54, 1.807) is 6.20 Å². The average Bonchev–Trinajstić information content (AvgIpc) is 2.86. The lowest BCUT2D eigenvalue weighted by Crippen LogP contribution is -2.38. The van der Waals surface area contributed by atoms with Crippen molar-refractivity contribution in [3.8, 4) is 0 Å². The standard InChI is InChI=1S/C10H10ClN5O2S/c11-10-13-5-8(6-14-10)19(17,18)16-4-3-15-2-1-12-9(15)7-16/h1-2,5-6H,3-4,7H2. The Labute approximate surface area is 114 Å². The first-order valence-electron chi connectivity index (χ1n) is 5.55. The van der Waals surface area contributed by atoms with Crippen LogP contribution in [-0.4, -0.2) is 38.8 Å². The molecule has 2 aromatic heterocycles. The lowest BCUT2D eigenvalue weighted by atomic mass is 10.4. The van der Waals surface area contributed by atoms with E-state index in [0.29, 0.717) is 13.1 Å². The Kier molecular flexibility index (Phi) is 3.00. The molecule has 1 aliphatic heterocycles. The predicted octanol–water partition coefficient (Wildman–Crippen LogP) is 0.531. The Bertz CT molecular complexity index is 697. The van der Waals surface area contributed by atoms with E-state index >= 15 is 0 Å². The highest BCUT2D eigenvalue weighted by molar-refractivity contribution is 7.89. The van der Waals surface area contributed by atoms with Gasteiger partial charge in [0.25, 0.3) is 0 Å². The molecule has 0 saturated carbocycles. The van der Waals surface area contributed by atoms with E-state index in [2.05, 4.69) is 15.0 Å². The molecule has 7 nitrogen and oxygen atoms in total. The first-order chi connectivity index (χ1) is 9.07. The largest absolute Gasteiger partial charge is 0.333 e. The van der Waals surface area contributed by atoms with E-state index in [0.717, 1.165) is 5.82 Å². The Morgan fingerprint density at radius 1 is 1.16 bits per heavy atom. The monoisotopic (exact) mass is 299 g/mol. The van der Waals surface area contributed by atoms with Gasteiger partial charge >= 0.3 is 0 Å². The molecular formula is C10H10ClN5O2S. The molecule has 19 heavy (non-hydrogen) atoms. The van der Waals surface area contributed by atoms with Crippen LogP contribution in [0.1, 0.15) is 5.82 Å². The lowest BCUT2D eigenvalue weighted by molar-refractivity contribution is 0.335. The minimum Gasteiger partial charge on any atom is -0.333 e. The van der Waals surface area contributed by atoms with Crippen LogP contribution in [-0.2, 0) is 23.1 Å². The summed E-state index contributed by atoms with van der Waals surface area (Å²) in [5.41, 5.74) is 0. The van der Waals surface area contributed by atoms with Crippen LogP contribution < -0.4 is 0 Å². The molecule has 0 fully saturated rings. The quantitative estimate of drug-likeness (QED) is 0.756. The molecule has 0 aliphatic carbocycles. The van der Waals surface area contributed by atoms with Gasteiger partial charge in [-0.25, -0.2) is 23.4 Å². The van der Waals surface area contributed by atoms with E-state index in [1.165, 1.54) is 16.7 Å². The van der Waals surface area contributed by atoms with Crippen molar-refractivity contribution in [3.05, 3.63) is 35.9 Å². The minimum atomic E-state index is -3.60. The average molecular weight is 300 g/mol. The second-order valence-electron chi connectivity index (χ2n) is 4.06. The molecule has 0 radical (unpaired) electrons. The highest BCUT2D eigenvalue weighted by atomic mass is 35.5. The van der Waals surface area contributed by atoms with E-state index in [-0.39, 0.29) is 16.7 Å². The van der Waals surface area contributed by atoms with Crippen molar-refractivity contribution in [2.24, 2.45) is 0 Å². The summed E-state index contributed by atoms with van der Waals surface area (Å²) in [4.78, 5) is 11.6. The lowest BCUT2D eigenvalue weighted by Gasteiger charge is -2.26. The molecule has 3 heterocycles. The normalized spacial score (nSPS) is 16.3. The number of aromatic nitrogens is 4. The van der Waals surface area contributed by atoms with Crippen molar-refractivity contribution in [1.29, 1.82) is 0 Å². The van der Waals surface area contributed by atoms with Gasteiger partial charge in [-0.15, -0.1) is 0 Å². The second-order valence-corrected chi connectivity index (χ2v) is 6.34. The van der Waals surface area contributed by atoms with Gasteiger partial charge in [0.15, 0.2) is 0 Å². The van der Waals surface area contributed by atoms with Crippen molar-refractivity contribution in [2.75, 3.05) is 6.54 Å². The number of nitrogens with zero attached hydrogens (tertiary/aromatic N) is 5. The smallest absolute Gasteiger partial charge is 0.246 e. The number of imidazole rings is 1. The van der Waals surface area contributed by atoms with E-state index in [9.17, 15) is 8.42 Å². The number of fused-ring (bicyclic) bond motifs is 1. The van der Waals surface area contributed by atoms with Crippen LogP contribution in [0.3, 0.4) is 0 Å². The third kappa shape index (κ3) is 2.22. The molecule has 0 saturated heterocycles. The maximum atomic E-state index is 12.4. The van der Waals surface area contributed by atoms with E-state index in [1.807, 2.05) is 10.8 Å². The first-order valence-corrected chi connectivity index (χ1v) is 7.37. The maximum Gasteiger partial charge on any atom is 0.246 e. The fourth-order valence-electron chi connectivity index (χ4n) is 1.94. The SMILES string of the molecule is O=S(=O)(c1cnc(Cl)nc1)N1CCn2ccnc2C1. The fourth-order valence-corrected chi connectivity index (χ4v) is 3.31. The van der Waals surface area contributed by atoms with Crippen molar-refractivity contribution in [2.45, 2.75) is 18.0 Å². The van der Waals surface area contributed by atoms with E-state index in [4.69, 9.17) is 11.6 Å². The molecule has 0 spiro atoms. The van der Waals surface area contributed by atoms with Crippen LogP contribution in [0.2, 0.25) is 5.28 Å². The summed E-state index contributed by atoms with van der Waals surface area (Å²) in [5.74, 6) is 0.727. The molecule has 100 valence electrons. The van der Waals surface area contributed by atoms with Crippen molar-refractivity contribution < 1.29 is 8.42 Å². The molecule has 0 amide bonds. The van der Waals surface area contributed by atoms with Gasteiger partial charge in [0.1, 0.15) is 10.7 Å². The number of hydrogen-bond acceptors (Lipinski definition) is 5. The summed E-state index contributed by atoms with van der Waals surface area (Å²) in [6, 6.07) is 0. The van der Waals surface area contributed by atoms with Crippen LogP contribution in [0.5, 0.6) is 0 Å². The summed E-state index contributed by atoms with van der Waals surface area (Å²) in [5, 5.41) is 0.0214. The Morgan fingerprint density at radius 2 is 1.89 bits per heavy atom. The summed E-state index contributed by atoms with van der Waals surface area (Å²) in [6.45, 7) is 1.23. The van der Waals surface area contributed by atoms with Gasteiger partial charge in [-0.2, -0.15) is 4.31 Å². The molecule has 0 N–H and O–H groups in total. The molecule has 0 bridgehead atoms. The van der Waals surface area contributed by atoms with Gasteiger partial charge in [0, 0.05) is 25.5 Å². The number of rotatable bonds is 2. The maximum absolute atomic E-state index is 12.4. The number of hydrogen-bond donors (Lipinski definition) is 0. The van der Waals surface area contributed by atoms with Crippen molar-refractivity contribution >= 4 is 21.6 Å². The Hall–Kier alpha value is -1.51. The Morgan fingerprint density at radius 3 is 2.63 bits per heavy atom. The van der Waals surface area contributed by atoms with Crippen LogP contribution in [0.25, 0.3) is 0 Å². The van der Waals surface area contributed by atoms with Gasteiger partial charge in [-0.3, -0.25) is 0 Å². The summed E-state index contributed by atoms with van der Waals surface area (Å²) < 4.78 is 28.1. The molecule has 2 aromatic rings. The van der Waals surface area contributed by atoms with Crippen molar-refractivity contribution in [3.63, 3.8) is 0 Å². The molecule has 1 aliphatic rings. The predicted molar refractivity (Wildman–Crippen MR) is 66.9 cm³/mol. The Balaban J connectivity index is 1.92. The van der Waals surface area contributed by atoms with Crippen LogP contribution in [0, 0.1) is 0 Å². The molecular weight excluding hydrogens is 290 g/mol. The van der Waals surface area contributed by atoms with E-state index < -0.39 is 10.0 Å². The summed E-state index contributed by atoms with van der Waals surface area (Å²) in [7, 11) is -3.60. The number of sulfonamides is 1. The van der Waals surface area contributed by atoms with Crippen LogP contribution >= 0.6 is 11.6 Å². The van der Waals surface area contributed by atoms with Gasteiger partial charge in [0.05, 0.1) is 18.9 Å². The highest BCUT2D eigenvalue weighted by Crippen LogP contribution is 2.20. The topological polar surface area (TPSA) is 81.0 Å². The molecule has 0 unspecified atom stereocenters. The van der Waals surface area contributed by atoms with Gasteiger partial charge < -0.3 is 4.57 Å². The zero-order valence-corrected chi connectivity index (χ0v) is 11.3. The molecule has 3 rings (SSSR count). The third-order valence-electron chi connectivity index (χ3n) is 2.94. The second kappa shape index (κ2) is 4.55. The molecule has 0 aromatic carbocycles. The van der Waals surface area contributed by atoms with Gasteiger partial charge in [-0.05, 0) is 11.6 Å². The van der Waals surface area contributed by atoms with Crippen LogP contribution in [0.4, 0.5) is 0 Å². The molecule has 0 atom stereocenters. The summed E-state index contributed by atoms with van der Waals surface area (Å²) >= 11 is 5.56. The fraction of sp³-hybridized carbons (Fsp3) is 0.300. The highest BCUT2D eigenvalue weighted by Gasteiger charge is 2.29. The van der Waals surface area contributed by atoms with Crippen molar-refractivity contribution in [1.82, 2.24) is 23.8 Å². The molecule has 9 heteroatoms. The first kappa shape index (κ1) is 12.5. The number of halogens is 1. The summed E-state index contributed by atoms with van der Waals surface area (Å²) in [6.07, 6.45) is 5.93. The zero-order chi connectivity index (χ0) is 13.5. The third-order valence-corrected chi connectivity index (χ3v) is 4.94. The minimum absolute atomic E-state index is 0.0214.